The number of esters is 1. The molecule has 1 aromatic rings. The van der Waals surface area contributed by atoms with Crippen LogP contribution in [0.15, 0.2) is 27.3 Å². The van der Waals surface area contributed by atoms with Crippen LogP contribution in [0.5, 0.6) is 0 Å². The first-order valence-corrected chi connectivity index (χ1v) is 7.30. The van der Waals surface area contributed by atoms with E-state index in [0.717, 1.165) is 8.66 Å². The minimum Gasteiger partial charge on any atom is -0.466 e. The normalized spacial score (nSPS) is 22.2. The van der Waals surface area contributed by atoms with Gasteiger partial charge in [0.05, 0.1) is 28.5 Å². The van der Waals surface area contributed by atoms with E-state index in [0.29, 0.717) is 11.3 Å². The van der Waals surface area contributed by atoms with Gasteiger partial charge in [-0.25, -0.2) is 4.79 Å². The zero-order valence-corrected chi connectivity index (χ0v) is 13.2. The Bertz CT molecular complexity index is 644. The monoisotopic (exact) mass is 354 g/mol. The molecule has 1 aliphatic rings. The van der Waals surface area contributed by atoms with Crippen LogP contribution in [0.25, 0.3) is 0 Å². The van der Waals surface area contributed by atoms with E-state index in [1.165, 1.54) is 18.4 Å². The van der Waals surface area contributed by atoms with Gasteiger partial charge in [-0.15, -0.1) is 11.3 Å². The maximum Gasteiger partial charge on any atom is 0.337 e. The molecule has 0 aliphatic carbocycles. The fourth-order valence-corrected chi connectivity index (χ4v) is 3.71. The summed E-state index contributed by atoms with van der Waals surface area (Å²) in [7, 11) is 1.28. The van der Waals surface area contributed by atoms with Crippen molar-refractivity contribution in [1.82, 2.24) is 0 Å². The third-order valence-corrected chi connectivity index (χ3v) is 4.72. The summed E-state index contributed by atoms with van der Waals surface area (Å²) in [6, 6.07) is 5.72. The average Bonchev–Trinajstić information content (AvgIpc) is 2.83. The zero-order chi connectivity index (χ0) is 14.9. The summed E-state index contributed by atoms with van der Waals surface area (Å²) in [4.78, 5) is 12.8. The molecule has 2 atom stereocenters. The van der Waals surface area contributed by atoms with Gasteiger partial charge in [-0.2, -0.15) is 5.26 Å². The van der Waals surface area contributed by atoms with Crippen molar-refractivity contribution in [2.24, 2.45) is 5.92 Å². The second-order valence-corrected chi connectivity index (χ2v) is 6.65. The number of hydrogen-bond acceptors (Lipinski definition) is 6. The Balaban J connectivity index is 2.60. The number of rotatable bonds is 2. The van der Waals surface area contributed by atoms with Crippen LogP contribution in [0, 0.1) is 22.7 Å². The van der Waals surface area contributed by atoms with Crippen molar-refractivity contribution in [2.75, 3.05) is 7.11 Å². The molecule has 0 saturated carbocycles. The van der Waals surface area contributed by atoms with E-state index in [1.54, 1.807) is 6.92 Å². The van der Waals surface area contributed by atoms with Crippen LogP contribution in [0.2, 0.25) is 0 Å². The van der Waals surface area contributed by atoms with Crippen LogP contribution in [0.1, 0.15) is 17.7 Å². The van der Waals surface area contributed by atoms with E-state index in [9.17, 15) is 10.1 Å². The molecule has 7 heteroatoms. The third kappa shape index (κ3) is 2.49. The van der Waals surface area contributed by atoms with Crippen molar-refractivity contribution < 1.29 is 14.3 Å². The summed E-state index contributed by atoms with van der Waals surface area (Å²) in [6.45, 7) is 1.60. The van der Waals surface area contributed by atoms with Crippen molar-refractivity contribution in [1.29, 1.82) is 10.7 Å². The van der Waals surface area contributed by atoms with Crippen molar-refractivity contribution in [3.8, 4) is 6.07 Å². The molecule has 20 heavy (non-hydrogen) atoms. The van der Waals surface area contributed by atoms with Gasteiger partial charge in [-0.1, -0.05) is 0 Å². The number of methoxy groups -OCH3 is 1. The van der Waals surface area contributed by atoms with Gasteiger partial charge in [0.15, 0.2) is 0 Å². The van der Waals surface area contributed by atoms with E-state index in [2.05, 4.69) is 15.9 Å². The number of carbonyl (C=O) groups is 1. The van der Waals surface area contributed by atoms with Crippen LogP contribution in [0.4, 0.5) is 0 Å². The summed E-state index contributed by atoms with van der Waals surface area (Å²) < 4.78 is 10.9. The van der Waals surface area contributed by atoms with Gasteiger partial charge >= 0.3 is 5.97 Å². The van der Waals surface area contributed by atoms with Crippen LogP contribution in [-0.4, -0.2) is 19.0 Å². The molecule has 0 fully saturated rings. The minimum absolute atomic E-state index is 0.146. The topological polar surface area (TPSA) is 83.2 Å². The highest BCUT2D eigenvalue weighted by Crippen LogP contribution is 2.42. The Morgan fingerprint density at radius 1 is 1.60 bits per heavy atom. The van der Waals surface area contributed by atoms with Gasteiger partial charge in [0.2, 0.25) is 5.90 Å². The average molecular weight is 355 g/mol. The molecule has 1 aromatic heterocycles. The number of nitrogens with one attached hydrogen (secondary N) is 1. The van der Waals surface area contributed by atoms with E-state index in [1.807, 2.05) is 18.2 Å². The van der Waals surface area contributed by atoms with Gasteiger partial charge in [0.25, 0.3) is 0 Å². The molecule has 2 unspecified atom stereocenters. The first-order valence-electron chi connectivity index (χ1n) is 5.69. The Morgan fingerprint density at radius 3 is 2.80 bits per heavy atom. The smallest absolute Gasteiger partial charge is 0.337 e. The molecule has 2 heterocycles. The highest BCUT2D eigenvalue weighted by Gasteiger charge is 2.41. The Morgan fingerprint density at radius 2 is 2.30 bits per heavy atom. The van der Waals surface area contributed by atoms with Crippen LogP contribution in [-0.2, 0) is 14.3 Å². The predicted molar refractivity (Wildman–Crippen MR) is 77.4 cm³/mol. The second kappa shape index (κ2) is 5.77. The molecular formula is C13H11BrN2O3S. The van der Waals surface area contributed by atoms with E-state index < -0.39 is 17.8 Å². The first-order chi connectivity index (χ1) is 9.49. The van der Waals surface area contributed by atoms with Crippen LogP contribution < -0.4 is 0 Å². The summed E-state index contributed by atoms with van der Waals surface area (Å²) in [5.41, 5.74) is 0.296. The number of nitrogens with zero attached hydrogens (tertiary/aromatic N) is 1. The molecule has 0 saturated heterocycles. The Kier molecular flexibility index (Phi) is 4.26. The standard InChI is InChI=1S/C13H11BrN2O3S/c1-6-10(13(17)18-2)11(7(5-15)12(16)19-6)8-3-4-9(14)20-8/h3-4,7,11,16H,1-2H3. The molecule has 1 N–H and O–H groups in total. The molecule has 104 valence electrons. The first kappa shape index (κ1) is 14.8. The maximum absolute atomic E-state index is 12.0. The minimum atomic E-state index is -0.835. The van der Waals surface area contributed by atoms with Crippen LogP contribution >= 0.6 is 27.3 Å². The van der Waals surface area contributed by atoms with Gasteiger partial charge in [-0.05, 0) is 35.0 Å². The van der Waals surface area contributed by atoms with Gasteiger partial charge < -0.3 is 9.47 Å². The van der Waals surface area contributed by atoms with Crippen molar-refractivity contribution in [3.05, 3.63) is 32.1 Å². The summed E-state index contributed by atoms with van der Waals surface area (Å²) in [5.74, 6) is -1.75. The number of halogens is 1. The number of ether oxygens (including phenoxy) is 2. The fourth-order valence-electron chi connectivity index (χ4n) is 2.14. The van der Waals surface area contributed by atoms with Crippen molar-refractivity contribution in [3.63, 3.8) is 0 Å². The lowest BCUT2D eigenvalue weighted by Gasteiger charge is -2.29. The molecule has 0 bridgehead atoms. The van der Waals surface area contributed by atoms with E-state index in [4.69, 9.17) is 14.9 Å². The Labute approximate surface area is 128 Å². The quantitative estimate of drug-likeness (QED) is 0.826. The van der Waals surface area contributed by atoms with Gasteiger partial charge in [0, 0.05) is 4.88 Å². The van der Waals surface area contributed by atoms with Gasteiger partial charge in [-0.3, -0.25) is 5.41 Å². The highest BCUT2D eigenvalue weighted by molar-refractivity contribution is 9.11. The van der Waals surface area contributed by atoms with Crippen molar-refractivity contribution >= 4 is 39.1 Å². The zero-order valence-electron chi connectivity index (χ0n) is 10.8. The number of thiophene rings is 1. The lowest BCUT2D eigenvalue weighted by Crippen LogP contribution is -2.32. The molecular weight excluding hydrogens is 344 g/mol. The van der Waals surface area contributed by atoms with E-state index in [-0.39, 0.29) is 5.90 Å². The third-order valence-electron chi connectivity index (χ3n) is 3.01. The SMILES string of the molecule is COC(=O)C1=C(C)OC(=N)C(C#N)C1c1ccc(Br)s1. The molecule has 1 aliphatic heterocycles. The number of hydrogen-bond donors (Lipinski definition) is 1. The van der Waals surface area contributed by atoms with E-state index >= 15 is 0 Å². The Hall–Kier alpha value is -1.65. The predicted octanol–water partition coefficient (Wildman–Crippen LogP) is 3.19. The summed E-state index contributed by atoms with van der Waals surface area (Å²) >= 11 is 4.78. The fraction of sp³-hybridized carbons (Fsp3) is 0.308. The largest absolute Gasteiger partial charge is 0.466 e. The highest BCUT2D eigenvalue weighted by atomic mass is 79.9. The number of allylic oxidation sites excluding steroid dienone is 1. The second-order valence-electron chi connectivity index (χ2n) is 4.15. The molecule has 0 spiro atoms. The molecule has 0 amide bonds. The van der Waals surface area contributed by atoms with Crippen molar-refractivity contribution in [2.45, 2.75) is 12.8 Å². The maximum atomic E-state index is 12.0. The van der Waals surface area contributed by atoms with Crippen LogP contribution in [0.3, 0.4) is 0 Å². The lowest BCUT2D eigenvalue weighted by molar-refractivity contribution is -0.136. The molecule has 0 aromatic carbocycles. The number of nitriles is 1. The summed E-state index contributed by atoms with van der Waals surface area (Å²) in [5, 5.41) is 17.1. The molecule has 5 nitrogen and oxygen atoms in total. The molecule has 2 rings (SSSR count). The molecule has 0 radical (unpaired) electrons. The van der Waals surface area contributed by atoms with Gasteiger partial charge in [0.1, 0.15) is 11.7 Å². The summed E-state index contributed by atoms with van der Waals surface area (Å²) in [6.07, 6.45) is 0. The number of carbonyl (C=O) groups excluding carboxylic acids is 1. The lowest BCUT2D eigenvalue weighted by atomic mass is 9.82.